The maximum Gasteiger partial charge on any atom is 0.333 e. The quantitative estimate of drug-likeness (QED) is 0.299. The first-order valence-electron chi connectivity index (χ1n) is 12.1. The number of esters is 1. The Kier molecular flexibility index (Phi) is 6.45. The molecule has 3 heterocycles. The van der Waals surface area contributed by atoms with Crippen molar-refractivity contribution >= 4 is 17.4 Å². The molecule has 0 aromatic heterocycles. The zero-order chi connectivity index (χ0) is 23.4. The van der Waals surface area contributed by atoms with Crippen LogP contribution in [0.25, 0.3) is 0 Å². The van der Waals surface area contributed by atoms with E-state index in [0.29, 0.717) is 23.5 Å². The summed E-state index contributed by atoms with van der Waals surface area (Å²) in [7, 11) is 0. The number of carbonyl (C=O) groups is 2. The summed E-state index contributed by atoms with van der Waals surface area (Å²) in [5, 5.41) is 3.36. The van der Waals surface area contributed by atoms with Gasteiger partial charge in [-0.1, -0.05) is 78.9 Å². The van der Waals surface area contributed by atoms with Crippen molar-refractivity contribution in [1.29, 1.82) is 0 Å². The average Bonchev–Trinajstić information content (AvgIpc) is 2.89. The van der Waals surface area contributed by atoms with Crippen LogP contribution < -0.4 is 5.32 Å². The number of ether oxygens (including phenoxy) is 1. The average molecular weight is 456 g/mol. The molecule has 0 saturated carbocycles. The second-order valence-corrected chi connectivity index (χ2v) is 9.59. The van der Waals surface area contributed by atoms with Crippen LogP contribution in [0.3, 0.4) is 0 Å². The molecule has 0 spiro atoms. The van der Waals surface area contributed by atoms with Crippen LogP contribution in [0, 0.1) is 5.92 Å². The van der Waals surface area contributed by atoms with Crippen molar-refractivity contribution in [2.24, 2.45) is 5.92 Å². The van der Waals surface area contributed by atoms with Crippen LogP contribution in [0.5, 0.6) is 0 Å². The molecule has 174 valence electrons. The van der Waals surface area contributed by atoms with Gasteiger partial charge in [0.15, 0.2) is 12.1 Å². The fourth-order valence-electron chi connectivity index (χ4n) is 5.44. The number of nitrogens with zero attached hydrogens (tertiary/aromatic N) is 1. The Morgan fingerprint density at radius 1 is 0.853 bits per heavy atom. The van der Waals surface area contributed by atoms with Crippen LogP contribution >= 0.6 is 0 Å². The van der Waals surface area contributed by atoms with Gasteiger partial charge in [-0.05, 0) is 17.7 Å². The zero-order valence-corrected chi connectivity index (χ0v) is 19.3. The summed E-state index contributed by atoms with van der Waals surface area (Å²) in [5.41, 5.74) is 2.51. The van der Waals surface area contributed by atoms with Crippen LogP contribution in [-0.2, 0) is 9.53 Å². The Morgan fingerprint density at radius 2 is 1.44 bits per heavy atom. The standard InChI is InChI=1S/C29H31N2O3/c32-26(22-10-4-1-5-11-22)20-31-18-16-23(17-19-31)27(21-31)34-29(33)28(24-12-6-2-7-13-24)30-25-14-8-3-9-15-25/h1-15,23,27-28,30H,16-21H2/q+1/t23?,27-,28?,31?/m1/s1. The third-order valence-electron chi connectivity index (χ3n) is 7.34. The van der Waals surface area contributed by atoms with Gasteiger partial charge in [-0.3, -0.25) is 4.79 Å². The van der Waals surface area contributed by atoms with E-state index in [4.69, 9.17) is 4.74 Å². The maximum absolute atomic E-state index is 13.5. The molecule has 5 nitrogen and oxygen atoms in total. The normalized spacial score (nSPS) is 24.2. The van der Waals surface area contributed by atoms with Gasteiger partial charge in [0.2, 0.25) is 5.78 Å². The highest BCUT2D eigenvalue weighted by molar-refractivity contribution is 5.97. The molecule has 3 saturated heterocycles. The number of Topliss-reactive ketones (excluding diaryl/α,β-unsaturated/α-hetero) is 1. The van der Waals surface area contributed by atoms with E-state index in [1.807, 2.05) is 91.0 Å². The Bertz CT molecular complexity index is 1110. The van der Waals surface area contributed by atoms with Crippen LogP contribution in [0.2, 0.25) is 0 Å². The number of nitrogens with one attached hydrogen (secondary N) is 1. The number of anilines is 1. The lowest BCUT2D eigenvalue weighted by molar-refractivity contribution is -0.938. The lowest BCUT2D eigenvalue weighted by atomic mass is 9.82. The van der Waals surface area contributed by atoms with Crippen LogP contribution in [0.4, 0.5) is 5.69 Å². The van der Waals surface area contributed by atoms with Gasteiger partial charge in [0.05, 0.1) is 13.1 Å². The molecular formula is C29H31N2O3+. The summed E-state index contributed by atoms with van der Waals surface area (Å²) < 4.78 is 6.91. The molecule has 2 atom stereocenters. The number of quaternary nitrogens is 1. The number of fused-ring (bicyclic) bond motifs is 3. The van der Waals surface area contributed by atoms with E-state index in [2.05, 4.69) is 5.32 Å². The van der Waals surface area contributed by atoms with Crippen molar-refractivity contribution < 1.29 is 18.8 Å². The highest BCUT2D eigenvalue weighted by Gasteiger charge is 2.49. The first-order chi connectivity index (χ1) is 16.6. The minimum absolute atomic E-state index is 0.164. The van der Waals surface area contributed by atoms with Crippen LogP contribution in [0.15, 0.2) is 91.0 Å². The third kappa shape index (κ3) is 4.90. The monoisotopic (exact) mass is 455 g/mol. The Morgan fingerprint density at radius 3 is 2.09 bits per heavy atom. The zero-order valence-electron chi connectivity index (χ0n) is 19.3. The number of ketones is 1. The highest BCUT2D eigenvalue weighted by atomic mass is 16.5. The topological polar surface area (TPSA) is 55.4 Å². The van der Waals surface area contributed by atoms with Gasteiger partial charge in [-0.2, -0.15) is 0 Å². The second-order valence-electron chi connectivity index (χ2n) is 9.59. The van der Waals surface area contributed by atoms with Crippen molar-refractivity contribution in [1.82, 2.24) is 0 Å². The lowest BCUT2D eigenvalue weighted by Gasteiger charge is -2.51. The number of carbonyl (C=O) groups excluding carboxylic acids is 2. The summed E-state index contributed by atoms with van der Waals surface area (Å²) in [4.78, 5) is 26.5. The fraction of sp³-hybridized carbons (Fsp3) is 0.310. The molecule has 0 amide bonds. The van der Waals surface area contributed by atoms with Gasteiger partial charge in [-0.15, -0.1) is 0 Å². The van der Waals surface area contributed by atoms with Crippen LogP contribution in [0.1, 0.15) is 34.8 Å². The molecule has 34 heavy (non-hydrogen) atoms. The molecule has 3 fully saturated rings. The molecule has 3 aromatic carbocycles. The third-order valence-corrected chi connectivity index (χ3v) is 7.34. The Hall–Kier alpha value is -3.44. The van der Waals surface area contributed by atoms with E-state index < -0.39 is 6.04 Å². The van der Waals surface area contributed by atoms with Gasteiger partial charge in [0.1, 0.15) is 13.1 Å². The summed E-state index contributed by atoms with van der Waals surface area (Å²) in [6.45, 7) is 3.13. The molecule has 0 aliphatic carbocycles. The largest absolute Gasteiger partial charge is 0.454 e. The molecular weight excluding hydrogens is 424 g/mol. The molecule has 6 rings (SSSR count). The summed E-state index contributed by atoms with van der Waals surface area (Å²) >= 11 is 0. The van der Waals surface area contributed by atoms with E-state index in [9.17, 15) is 9.59 Å². The number of para-hydroxylation sites is 1. The first-order valence-corrected chi connectivity index (χ1v) is 12.1. The van der Waals surface area contributed by atoms with Crippen molar-refractivity contribution in [3.63, 3.8) is 0 Å². The smallest absolute Gasteiger partial charge is 0.333 e. The maximum atomic E-state index is 13.5. The SMILES string of the molecule is O=C(C[N+]12CCC(CC1)[C@H](OC(=O)C(Nc1ccccc1)c1ccccc1)C2)c1ccccc1. The van der Waals surface area contributed by atoms with Gasteiger partial charge >= 0.3 is 5.97 Å². The predicted octanol–water partition coefficient (Wildman–Crippen LogP) is 4.87. The van der Waals surface area contributed by atoms with Crippen molar-refractivity contribution in [3.8, 4) is 0 Å². The molecule has 0 radical (unpaired) electrons. The summed E-state index contributed by atoms with van der Waals surface area (Å²) in [5.74, 6) is 0.268. The molecule has 5 heteroatoms. The van der Waals surface area contributed by atoms with Crippen LogP contribution in [-0.4, -0.2) is 48.5 Å². The minimum Gasteiger partial charge on any atom is -0.454 e. The van der Waals surface area contributed by atoms with E-state index in [-0.39, 0.29) is 17.9 Å². The van der Waals surface area contributed by atoms with Crippen molar-refractivity contribution in [3.05, 3.63) is 102 Å². The second kappa shape index (κ2) is 9.82. The van der Waals surface area contributed by atoms with E-state index >= 15 is 0 Å². The molecule has 1 unspecified atom stereocenters. The molecule has 1 N–H and O–H groups in total. The first kappa shape index (κ1) is 22.4. The van der Waals surface area contributed by atoms with Gasteiger partial charge in [0, 0.05) is 30.0 Å². The number of rotatable bonds is 8. The fourth-order valence-corrected chi connectivity index (χ4v) is 5.44. The van der Waals surface area contributed by atoms with E-state index in [1.54, 1.807) is 0 Å². The summed E-state index contributed by atoms with van der Waals surface area (Å²) in [6.07, 6.45) is 1.81. The van der Waals surface area contributed by atoms with Crippen molar-refractivity contribution in [2.45, 2.75) is 25.0 Å². The van der Waals surface area contributed by atoms with Gasteiger partial charge < -0.3 is 14.5 Å². The van der Waals surface area contributed by atoms with E-state index in [1.165, 1.54) is 0 Å². The number of hydrogen-bond acceptors (Lipinski definition) is 4. The molecule has 2 bridgehead atoms. The van der Waals surface area contributed by atoms with Gasteiger partial charge in [-0.25, -0.2) is 4.79 Å². The molecule has 3 aliphatic rings. The lowest BCUT2D eigenvalue weighted by Crippen LogP contribution is -2.65. The molecule has 3 aliphatic heterocycles. The number of piperidine rings is 3. The predicted molar refractivity (Wildman–Crippen MR) is 132 cm³/mol. The molecule has 3 aromatic rings. The van der Waals surface area contributed by atoms with Gasteiger partial charge in [0.25, 0.3) is 0 Å². The minimum atomic E-state index is -0.585. The Labute approximate surface area is 201 Å². The van der Waals surface area contributed by atoms with E-state index in [0.717, 1.165) is 42.7 Å². The van der Waals surface area contributed by atoms with Crippen molar-refractivity contribution in [2.75, 3.05) is 31.5 Å². The summed E-state index contributed by atoms with van der Waals surface area (Å²) in [6, 6.07) is 28.4. The highest BCUT2D eigenvalue weighted by Crippen LogP contribution is 2.36. The Balaban J connectivity index is 1.31. The number of benzene rings is 3. The number of hydrogen-bond donors (Lipinski definition) is 1.